The molecule has 0 radical (unpaired) electrons. The van der Waals surface area contributed by atoms with E-state index in [-0.39, 0.29) is 16.5 Å². The molecule has 0 saturated carbocycles. The van der Waals surface area contributed by atoms with Gasteiger partial charge in [0.1, 0.15) is 5.69 Å². The van der Waals surface area contributed by atoms with Crippen LogP contribution >= 0.6 is 11.6 Å². The number of methoxy groups -OCH3 is 1. The Labute approximate surface area is 121 Å². The number of esters is 1. The predicted molar refractivity (Wildman–Crippen MR) is 76.2 cm³/mol. The third kappa shape index (κ3) is 2.83. The molecule has 1 heterocycles. The molecule has 0 aliphatic rings. The van der Waals surface area contributed by atoms with Crippen LogP contribution in [0, 0.1) is 0 Å². The number of benzene rings is 1. The molecule has 1 amide bonds. The van der Waals surface area contributed by atoms with Crippen LogP contribution in [0.5, 0.6) is 0 Å². The van der Waals surface area contributed by atoms with E-state index < -0.39 is 5.97 Å². The molecule has 0 aliphatic heterocycles. The lowest BCUT2D eigenvalue weighted by molar-refractivity contribution is 0.0600. The molecular weight excluding hydrogens is 280 g/mol. The van der Waals surface area contributed by atoms with E-state index in [1.807, 2.05) is 0 Å². The molecule has 0 fully saturated rings. The van der Waals surface area contributed by atoms with E-state index >= 15 is 0 Å². The molecule has 1 aromatic carbocycles. The number of rotatable bonds is 3. The summed E-state index contributed by atoms with van der Waals surface area (Å²) in [6.07, 6.45) is 1.77. The summed E-state index contributed by atoms with van der Waals surface area (Å²) in [6, 6.07) is 8.11. The van der Waals surface area contributed by atoms with Crippen LogP contribution in [0.2, 0.25) is 5.02 Å². The van der Waals surface area contributed by atoms with Gasteiger partial charge in [0.25, 0.3) is 5.91 Å². The fourth-order valence-electron chi connectivity index (χ4n) is 1.76. The number of carbonyl (C=O) groups excluding carboxylic acids is 2. The summed E-state index contributed by atoms with van der Waals surface area (Å²) in [7, 11) is 3.05. The minimum Gasteiger partial charge on any atom is -0.465 e. The fraction of sp³-hybridized carbons (Fsp3) is 0.143. The molecule has 0 spiro atoms. The Morgan fingerprint density at radius 3 is 2.65 bits per heavy atom. The van der Waals surface area contributed by atoms with Crippen LogP contribution in [-0.2, 0) is 11.8 Å². The van der Waals surface area contributed by atoms with E-state index in [0.717, 1.165) is 0 Å². The van der Waals surface area contributed by atoms with Crippen LogP contribution in [0.25, 0.3) is 0 Å². The van der Waals surface area contributed by atoms with E-state index in [0.29, 0.717) is 11.4 Å². The van der Waals surface area contributed by atoms with Crippen molar-refractivity contribution >= 4 is 29.2 Å². The molecular formula is C14H13ClN2O3. The summed E-state index contributed by atoms with van der Waals surface area (Å²) in [4.78, 5) is 23.6. The highest BCUT2D eigenvalue weighted by Gasteiger charge is 2.14. The Morgan fingerprint density at radius 2 is 2.05 bits per heavy atom. The van der Waals surface area contributed by atoms with Crippen LogP contribution in [0.4, 0.5) is 5.69 Å². The molecule has 104 valence electrons. The van der Waals surface area contributed by atoms with Gasteiger partial charge in [-0.25, -0.2) is 4.79 Å². The number of aromatic nitrogens is 1. The second-order valence-corrected chi connectivity index (χ2v) is 4.55. The smallest absolute Gasteiger partial charge is 0.339 e. The topological polar surface area (TPSA) is 60.3 Å². The lowest BCUT2D eigenvalue weighted by atomic mass is 10.2. The average molecular weight is 293 g/mol. The quantitative estimate of drug-likeness (QED) is 0.885. The fourth-order valence-corrected chi connectivity index (χ4v) is 1.96. The summed E-state index contributed by atoms with van der Waals surface area (Å²) in [6.45, 7) is 0. The van der Waals surface area contributed by atoms with Crippen LogP contribution in [0.3, 0.4) is 0 Å². The monoisotopic (exact) mass is 292 g/mol. The molecule has 2 aromatic rings. The average Bonchev–Trinajstić information content (AvgIpc) is 2.86. The van der Waals surface area contributed by atoms with Crippen molar-refractivity contribution in [3.05, 3.63) is 52.8 Å². The van der Waals surface area contributed by atoms with Gasteiger partial charge in [-0.1, -0.05) is 11.6 Å². The van der Waals surface area contributed by atoms with Crippen molar-refractivity contribution in [3.63, 3.8) is 0 Å². The Hall–Kier alpha value is -2.27. The zero-order valence-corrected chi connectivity index (χ0v) is 11.8. The summed E-state index contributed by atoms with van der Waals surface area (Å²) >= 11 is 5.91. The van der Waals surface area contributed by atoms with E-state index in [1.165, 1.54) is 19.2 Å². The lowest BCUT2D eigenvalue weighted by Gasteiger charge is -2.08. The Balaban J connectivity index is 2.24. The number of nitrogens with zero attached hydrogens (tertiary/aromatic N) is 1. The summed E-state index contributed by atoms with van der Waals surface area (Å²) in [5.74, 6) is -0.819. The second-order valence-electron chi connectivity index (χ2n) is 4.14. The van der Waals surface area contributed by atoms with Crippen LogP contribution < -0.4 is 5.32 Å². The second kappa shape index (κ2) is 5.79. The van der Waals surface area contributed by atoms with Crippen molar-refractivity contribution in [2.45, 2.75) is 0 Å². The first-order valence-electron chi connectivity index (χ1n) is 5.83. The lowest BCUT2D eigenvalue weighted by Crippen LogP contribution is -2.15. The summed E-state index contributed by atoms with van der Waals surface area (Å²) in [5, 5.41) is 2.98. The largest absolute Gasteiger partial charge is 0.465 e. The molecule has 0 saturated heterocycles. The number of aryl methyl sites for hydroxylation is 1. The third-order valence-electron chi connectivity index (χ3n) is 2.81. The number of ether oxygens (including phenoxy) is 1. The number of nitrogens with one attached hydrogen (secondary N) is 1. The number of amides is 1. The van der Waals surface area contributed by atoms with E-state index in [2.05, 4.69) is 10.1 Å². The standard InChI is InChI=1S/C14H13ClN2O3/c1-17-7-3-4-12(17)13(18)16-9-5-6-11(15)10(8-9)14(19)20-2/h3-8H,1-2H3,(H,16,18). The van der Waals surface area contributed by atoms with Gasteiger partial charge in [-0.05, 0) is 30.3 Å². The maximum atomic E-state index is 12.1. The van der Waals surface area contributed by atoms with E-state index in [1.54, 1.807) is 36.0 Å². The first kappa shape index (κ1) is 14.1. The Morgan fingerprint density at radius 1 is 1.30 bits per heavy atom. The zero-order valence-electron chi connectivity index (χ0n) is 11.0. The molecule has 0 unspecified atom stereocenters. The number of carbonyl (C=O) groups is 2. The number of anilines is 1. The van der Waals surface area contributed by atoms with Crippen LogP contribution in [0.1, 0.15) is 20.8 Å². The summed E-state index contributed by atoms with van der Waals surface area (Å²) in [5.41, 5.74) is 1.19. The van der Waals surface area contributed by atoms with Gasteiger partial charge in [-0.15, -0.1) is 0 Å². The molecule has 5 nitrogen and oxygen atoms in total. The van der Waals surface area contributed by atoms with Gasteiger partial charge in [0.15, 0.2) is 0 Å². The highest BCUT2D eigenvalue weighted by atomic mass is 35.5. The highest BCUT2D eigenvalue weighted by molar-refractivity contribution is 6.33. The number of hydrogen-bond acceptors (Lipinski definition) is 3. The van der Waals surface area contributed by atoms with Crippen molar-refractivity contribution in [1.82, 2.24) is 4.57 Å². The molecule has 20 heavy (non-hydrogen) atoms. The van der Waals surface area contributed by atoms with E-state index in [4.69, 9.17) is 11.6 Å². The first-order chi connectivity index (χ1) is 9.52. The summed E-state index contributed by atoms with van der Waals surface area (Å²) < 4.78 is 6.33. The van der Waals surface area contributed by atoms with Gasteiger partial charge < -0.3 is 14.6 Å². The third-order valence-corrected chi connectivity index (χ3v) is 3.14. The number of hydrogen-bond donors (Lipinski definition) is 1. The molecule has 2 rings (SSSR count). The van der Waals surface area contributed by atoms with Crippen molar-refractivity contribution in [3.8, 4) is 0 Å². The van der Waals surface area contributed by atoms with Gasteiger partial charge >= 0.3 is 5.97 Å². The molecule has 1 aromatic heterocycles. The SMILES string of the molecule is COC(=O)c1cc(NC(=O)c2cccn2C)ccc1Cl. The molecule has 1 N–H and O–H groups in total. The minimum atomic E-state index is -0.551. The van der Waals surface area contributed by atoms with Gasteiger partial charge in [0.2, 0.25) is 0 Å². The molecule has 0 atom stereocenters. The highest BCUT2D eigenvalue weighted by Crippen LogP contribution is 2.21. The van der Waals surface area contributed by atoms with Crippen LogP contribution in [-0.4, -0.2) is 23.6 Å². The Bertz CT molecular complexity index is 664. The molecule has 0 aliphatic carbocycles. The van der Waals surface area contributed by atoms with Crippen LogP contribution in [0.15, 0.2) is 36.5 Å². The zero-order chi connectivity index (χ0) is 14.7. The van der Waals surface area contributed by atoms with Gasteiger partial charge in [0.05, 0.1) is 17.7 Å². The number of halogens is 1. The van der Waals surface area contributed by atoms with Crippen molar-refractivity contribution < 1.29 is 14.3 Å². The Kier molecular flexibility index (Phi) is 4.10. The molecule has 6 heteroatoms. The maximum Gasteiger partial charge on any atom is 0.339 e. The van der Waals surface area contributed by atoms with Gasteiger partial charge in [0, 0.05) is 18.9 Å². The van der Waals surface area contributed by atoms with Crippen molar-refractivity contribution in [2.24, 2.45) is 7.05 Å². The van der Waals surface area contributed by atoms with Gasteiger partial charge in [-0.3, -0.25) is 4.79 Å². The maximum absolute atomic E-state index is 12.1. The van der Waals surface area contributed by atoms with Gasteiger partial charge in [-0.2, -0.15) is 0 Å². The normalized spacial score (nSPS) is 10.2. The first-order valence-corrected chi connectivity index (χ1v) is 6.21. The molecule has 0 bridgehead atoms. The predicted octanol–water partition coefficient (Wildman–Crippen LogP) is 2.72. The van der Waals surface area contributed by atoms with Crippen molar-refractivity contribution in [2.75, 3.05) is 12.4 Å². The minimum absolute atomic E-state index is 0.207. The van der Waals surface area contributed by atoms with E-state index in [9.17, 15) is 9.59 Å². The van der Waals surface area contributed by atoms with Crippen molar-refractivity contribution in [1.29, 1.82) is 0 Å².